The molecule has 0 rings (SSSR count). The highest BCUT2D eigenvalue weighted by molar-refractivity contribution is 7.91. The Kier molecular flexibility index (Phi) is 3.99. The van der Waals surface area contributed by atoms with Crippen molar-refractivity contribution in [1.29, 1.82) is 0 Å². The van der Waals surface area contributed by atoms with E-state index in [0.717, 1.165) is 0 Å². The SMILES string of the molecule is CC(C)C(O)S(=O)(=O)CCN. The summed E-state index contributed by atoms with van der Waals surface area (Å²) >= 11 is 0. The van der Waals surface area contributed by atoms with Crippen LogP contribution in [0, 0.1) is 5.92 Å². The average Bonchev–Trinajstić information content (AvgIpc) is 1.86. The van der Waals surface area contributed by atoms with Crippen molar-refractivity contribution in [3.05, 3.63) is 0 Å². The van der Waals surface area contributed by atoms with Crippen molar-refractivity contribution >= 4 is 9.84 Å². The van der Waals surface area contributed by atoms with Crippen molar-refractivity contribution in [2.45, 2.75) is 19.3 Å². The van der Waals surface area contributed by atoms with Gasteiger partial charge in [-0.1, -0.05) is 13.8 Å². The van der Waals surface area contributed by atoms with Crippen LogP contribution in [0.3, 0.4) is 0 Å². The van der Waals surface area contributed by atoms with Gasteiger partial charge >= 0.3 is 0 Å². The van der Waals surface area contributed by atoms with Gasteiger partial charge in [0.15, 0.2) is 15.3 Å². The Morgan fingerprint density at radius 2 is 1.91 bits per heavy atom. The van der Waals surface area contributed by atoms with E-state index in [0.29, 0.717) is 0 Å². The third-order valence-electron chi connectivity index (χ3n) is 1.34. The molecule has 0 aliphatic heterocycles. The van der Waals surface area contributed by atoms with Gasteiger partial charge in [0.1, 0.15) is 0 Å². The average molecular weight is 181 g/mol. The third kappa shape index (κ3) is 3.18. The first-order valence-electron chi connectivity index (χ1n) is 3.51. The molecule has 0 amide bonds. The lowest BCUT2D eigenvalue weighted by Crippen LogP contribution is -2.31. The topological polar surface area (TPSA) is 80.4 Å². The Bertz CT molecular complexity index is 198. The van der Waals surface area contributed by atoms with Gasteiger partial charge in [-0.2, -0.15) is 0 Å². The van der Waals surface area contributed by atoms with Crippen LogP contribution in [0.25, 0.3) is 0 Å². The fourth-order valence-electron chi connectivity index (χ4n) is 0.700. The lowest BCUT2D eigenvalue weighted by molar-refractivity contribution is 0.199. The zero-order valence-corrected chi connectivity index (χ0v) is 7.63. The second kappa shape index (κ2) is 4.04. The minimum Gasteiger partial charge on any atom is -0.377 e. The van der Waals surface area contributed by atoms with Crippen LogP contribution in [-0.4, -0.2) is 31.3 Å². The lowest BCUT2D eigenvalue weighted by atomic mass is 10.2. The van der Waals surface area contributed by atoms with E-state index in [1.54, 1.807) is 13.8 Å². The van der Waals surface area contributed by atoms with Crippen molar-refractivity contribution in [2.24, 2.45) is 11.7 Å². The molecule has 1 unspecified atom stereocenters. The van der Waals surface area contributed by atoms with E-state index < -0.39 is 15.3 Å². The van der Waals surface area contributed by atoms with E-state index >= 15 is 0 Å². The second-order valence-electron chi connectivity index (χ2n) is 2.79. The minimum atomic E-state index is -3.38. The molecule has 0 saturated carbocycles. The monoisotopic (exact) mass is 181 g/mol. The van der Waals surface area contributed by atoms with Gasteiger partial charge in [-0.05, 0) is 5.92 Å². The highest BCUT2D eigenvalue weighted by atomic mass is 32.2. The molecule has 0 saturated heterocycles. The van der Waals surface area contributed by atoms with Crippen LogP contribution in [0.5, 0.6) is 0 Å². The van der Waals surface area contributed by atoms with Crippen LogP contribution >= 0.6 is 0 Å². The van der Waals surface area contributed by atoms with Crippen molar-refractivity contribution in [2.75, 3.05) is 12.3 Å². The Hall–Kier alpha value is -0.130. The zero-order valence-electron chi connectivity index (χ0n) is 6.82. The van der Waals surface area contributed by atoms with Gasteiger partial charge in [0, 0.05) is 6.54 Å². The molecule has 5 heteroatoms. The number of aliphatic hydroxyl groups excluding tert-OH is 1. The molecule has 11 heavy (non-hydrogen) atoms. The van der Waals surface area contributed by atoms with Crippen LogP contribution in [0.1, 0.15) is 13.8 Å². The maximum absolute atomic E-state index is 11.0. The van der Waals surface area contributed by atoms with Crippen LogP contribution in [0.2, 0.25) is 0 Å². The second-order valence-corrected chi connectivity index (χ2v) is 5.01. The number of hydrogen-bond donors (Lipinski definition) is 2. The van der Waals surface area contributed by atoms with Crippen LogP contribution in [0.4, 0.5) is 0 Å². The normalized spacial score (nSPS) is 15.4. The molecule has 1 atom stereocenters. The Labute approximate surface area is 67.3 Å². The van der Waals surface area contributed by atoms with E-state index in [-0.39, 0.29) is 18.2 Å². The summed E-state index contributed by atoms with van der Waals surface area (Å²) in [5.74, 6) is -0.418. The fraction of sp³-hybridized carbons (Fsp3) is 1.00. The number of aliphatic hydroxyl groups is 1. The van der Waals surface area contributed by atoms with Gasteiger partial charge in [0.2, 0.25) is 0 Å². The molecule has 0 spiro atoms. The van der Waals surface area contributed by atoms with Crippen LogP contribution < -0.4 is 5.73 Å². The predicted octanol–water partition coefficient (Wildman–Crippen LogP) is -0.666. The first-order valence-corrected chi connectivity index (χ1v) is 5.23. The molecule has 0 bridgehead atoms. The number of nitrogens with two attached hydrogens (primary N) is 1. The Morgan fingerprint density at radius 1 is 1.45 bits per heavy atom. The summed E-state index contributed by atoms with van der Waals surface area (Å²) < 4.78 is 22.1. The van der Waals surface area contributed by atoms with Crippen molar-refractivity contribution < 1.29 is 13.5 Å². The van der Waals surface area contributed by atoms with Gasteiger partial charge in [-0.25, -0.2) is 8.42 Å². The van der Waals surface area contributed by atoms with Gasteiger partial charge < -0.3 is 10.8 Å². The smallest absolute Gasteiger partial charge is 0.178 e. The van der Waals surface area contributed by atoms with Crippen molar-refractivity contribution in [3.8, 4) is 0 Å². The van der Waals surface area contributed by atoms with Gasteiger partial charge in [0.25, 0.3) is 0 Å². The van der Waals surface area contributed by atoms with Crippen LogP contribution in [0.15, 0.2) is 0 Å². The highest BCUT2D eigenvalue weighted by Gasteiger charge is 2.24. The predicted molar refractivity (Wildman–Crippen MR) is 43.7 cm³/mol. The lowest BCUT2D eigenvalue weighted by Gasteiger charge is -2.13. The maximum atomic E-state index is 11.0. The molecule has 0 fully saturated rings. The molecule has 0 aliphatic rings. The summed E-state index contributed by atoms with van der Waals surface area (Å²) in [4.78, 5) is 0. The van der Waals surface area contributed by atoms with E-state index in [2.05, 4.69) is 0 Å². The summed E-state index contributed by atoms with van der Waals surface area (Å²) in [7, 11) is -3.38. The maximum Gasteiger partial charge on any atom is 0.178 e. The minimum absolute atomic E-state index is 0.0616. The van der Waals surface area contributed by atoms with Gasteiger partial charge in [0.05, 0.1) is 5.75 Å². The van der Waals surface area contributed by atoms with Crippen molar-refractivity contribution in [3.63, 3.8) is 0 Å². The van der Waals surface area contributed by atoms with E-state index in [9.17, 15) is 8.42 Å². The largest absolute Gasteiger partial charge is 0.377 e. The molecule has 3 N–H and O–H groups in total. The van der Waals surface area contributed by atoms with E-state index in [1.165, 1.54) is 0 Å². The molecular weight excluding hydrogens is 166 g/mol. The molecule has 0 aromatic rings. The highest BCUT2D eigenvalue weighted by Crippen LogP contribution is 2.08. The zero-order chi connectivity index (χ0) is 9.07. The molecule has 0 aromatic carbocycles. The molecular formula is C6H15NO3S. The molecule has 4 nitrogen and oxygen atoms in total. The number of rotatable bonds is 4. The fourth-order valence-corrected chi connectivity index (χ4v) is 2.10. The number of sulfone groups is 1. The standard InChI is InChI=1S/C6H15NO3S/c1-5(2)6(8)11(9,10)4-3-7/h5-6,8H,3-4,7H2,1-2H3. The molecule has 68 valence electrons. The van der Waals surface area contributed by atoms with E-state index in [4.69, 9.17) is 10.8 Å². The van der Waals surface area contributed by atoms with Gasteiger partial charge in [-0.15, -0.1) is 0 Å². The Balaban J connectivity index is 4.31. The Morgan fingerprint density at radius 3 is 2.18 bits per heavy atom. The van der Waals surface area contributed by atoms with Crippen LogP contribution in [-0.2, 0) is 9.84 Å². The molecule has 0 radical (unpaired) electrons. The summed E-state index contributed by atoms with van der Waals surface area (Å²) in [6, 6.07) is 0. The third-order valence-corrected chi connectivity index (χ3v) is 3.43. The molecule has 0 aromatic heterocycles. The summed E-state index contributed by atoms with van der Waals surface area (Å²) in [6.07, 6.45) is 0. The van der Waals surface area contributed by atoms with E-state index in [1.807, 2.05) is 0 Å². The molecule has 0 heterocycles. The quantitative estimate of drug-likeness (QED) is 0.603. The van der Waals surface area contributed by atoms with Crippen molar-refractivity contribution in [1.82, 2.24) is 0 Å². The van der Waals surface area contributed by atoms with Gasteiger partial charge in [-0.3, -0.25) is 0 Å². The summed E-state index contributed by atoms with van der Waals surface area (Å²) in [6.45, 7) is 3.36. The summed E-state index contributed by atoms with van der Waals surface area (Å²) in [5.41, 5.74) is 3.79. The summed E-state index contributed by atoms with van der Waals surface area (Å²) in [5, 5.41) is 9.14. The first kappa shape index (κ1) is 10.9. The first-order chi connectivity index (χ1) is 4.91. The number of hydrogen-bond acceptors (Lipinski definition) is 4. The molecule has 0 aliphatic carbocycles.